The highest BCUT2D eigenvalue weighted by molar-refractivity contribution is 7.90. The van der Waals surface area contributed by atoms with E-state index in [2.05, 4.69) is 11.4 Å². The van der Waals surface area contributed by atoms with Gasteiger partial charge in [0.2, 0.25) is 0 Å². The van der Waals surface area contributed by atoms with E-state index in [1.165, 1.54) is 6.26 Å². The molecule has 3 N–H and O–H groups in total. The topological polar surface area (TPSA) is 92.5 Å². The third-order valence-electron chi connectivity index (χ3n) is 6.62. The van der Waals surface area contributed by atoms with E-state index in [0.717, 1.165) is 36.8 Å². The quantitative estimate of drug-likeness (QED) is 0.634. The van der Waals surface area contributed by atoms with Crippen molar-refractivity contribution in [2.24, 2.45) is 5.73 Å². The van der Waals surface area contributed by atoms with Gasteiger partial charge in [-0.15, -0.1) is 0 Å². The summed E-state index contributed by atoms with van der Waals surface area (Å²) >= 11 is 6.22. The molecule has 8 heteroatoms. The molecule has 1 aliphatic rings. The van der Waals surface area contributed by atoms with Crippen molar-refractivity contribution in [1.82, 2.24) is 10.2 Å². The van der Waals surface area contributed by atoms with E-state index in [-0.39, 0.29) is 17.5 Å². The number of hydrogen-bond acceptors (Lipinski definition) is 4. The van der Waals surface area contributed by atoms with Crippen LogP contribution in [0.5, 0.6) is 0 Å². The maximum atomic E-state index is 12.7. The molecule has 1 aliphatic carbocycles. The van der Waals surface area contributed by atoms with Gasteiger partial charge in [-0.3, -0.25) is 0 Å². The highest BCUT2D eigenvalue weighted by Crippen LogP contribution is 2.40. The summed E-state index contributed by atoms with van der Waals surface area (Å²) < 4.78 is 23.7. The van der Waals surface area contributed by atoms with Gasteiger partial charge in [0.05, 0.1) is 4.90 Å². The van der Waals surface area contributed by atoms with E-state index in [4.69, 9.17) is 17.3 Å². The van der Waals surface area contributed by atoms with Crippen molar-refractivity contribution in [3.05, 3.63) is 64.7 Å². The van der Waals surface area contributed by atoms with Crippen LogP contribution in [0.1, 0.15) is 36.8 Å². The Bertz CT molecular complexity index is 1050. The zero-order valence-corrected chi connectivity index (χ0v) is 20.3. The third-order valence-corrected chi connectivity index (χ3v) is 7.97. The molecule has 0 bridgehead atoms. The van der Waals surface area contributed by atoms with Crippen LogP contribution in [0.15, 0.2) is 53.4 Å². The first-order valence-electron chi connectivity index (χ1n) is 10.9. The zero-order valence-electron chi connectivity index (χ0n) is 18.7. The van der Waals surface area contributed by atoms with Gasteiger partial charge in [0.25, 0.3) is 0 Å². The molecule has 174 valence electrons. The molecule has 0 heterocycles. The number of nitrogens with zero attached hydrogens (tertiary/aromatic N) is 1. The lowest BCUT2D eigenvalue weighted by molar-refractivity contribution is 0.137. The van der Waals surface area contributed by atoms with E-state index in [9.17, 15) is 13.2 Å². The van der Waals surface area contributed by atoms with Gasteiger partial charge in [-0.1, -0.05) is 35.9 Å². The van der Waals surface area contributed by atoms with E-state index < -0.39 is 9.84 Å². The molecule has 2 amide bonds. The number of benzene rings is 2. The average molecular weight is 478 g/mol. The SMILES string of the molecule is CNC(=O)N(CCc1cccc(S(C)(=O)=O)c1)[C@H]1CC[C@](CN)(c2cccc(Cl)c2)CC1. The summed E-state index contributed by atoms with van der Waals surface area (Å²) in [6, 6.07) is 14.8. The zero-order chi connectivity index (χ0) is 23.4. The molecule has 0 spiro atoms. The molecule has 0 radical (unpaired) electrons. The molecule has 3 rings (SSSR count). The van der Waals surface area contributed by atoms with E-state index in [1.54, 1.807) is 25.2 Å². The van der Waals surface area contributed by atoms with Crippen molar-refractivity contribution < 1.29 is 13.2 Å². The predicted octanol–water partition coefficient (Wildman–Crippen LogP) is 3.77. The van der Waals surface area contributed by atoms with Crippen LogP contribution in [-0.2, 0) is 21.7 Å². The van der Waals surface area contributed by atoms with Gasteiger partial charge in [-0.2, -0.15) is 0 Å². The van der Waals surface area contributed by atoms with Crippen molar-refractivity contribution >= 4 is 27.5 Å². The molecule has 6 nitrogen and oxygen atoms in total. The lowest BCUT2D eigenvalue weighted by atomic mass is 9.68. The average Bonchev–Trinajstić information content (AvgIpc) is 2.79. The smallest absolute Gasteiger partial charge is 0.317 e. The Morgan fingerprint density at radius 2 is 1.88 bits per heavy atom. The van der Waals surface area contributed by atoms with Crippen LogP contribution >= 0.6 is 11.6 Å². The third kappa shape index (κ3) is 5.63. The van der Waals surface area contributed by atoms with Crippen LogP contribution in [0.3, 0.4) is 0 Å². The second kappa shape index (κ2) is 10.2. The fraction of sp³-hybridized carbons (Fsp3) is 0.458. The Balaban J connectivity index is 1.72. The van der Waals surface area contributed by atoms with Gasteiger partial charge in [0.15, 0.2) is 9.84 Å². The number of carbonyl (C=O) groups is 1. The normalized spacial score (nSPS) is 21.2. The number of amides is 2. The first kappa shape index (κ1) is 24.6. The molecular formula is C24H32ClN3O3S. The number of carbonyl (C=O) groups excluding carboxylic acids is 1. The maximum absolute atomic E-state index is 12.7. The number of nitrogens with two attached hydrogens (primary N) is 1. The van der Waals surface area contributed by atoms with E-state index >= 15 is 0 Å². The van der Waals surface area contributed by atoms with Gasteiger partial charge >= 0.3 is 6.03 Å². The van der Waals surface area contributed by atoms with Crippen molar-refractivity contribution in [1.29, 1.82) is 0 Å². The van der Waals surface area contributed by atoms with Crippen LogP contribution in [0.4, 0.5) is 4.79 Å². The molecule has 0 unspecified atom stereocenters. The van der Waals surface area contributed by atoms with Crippen molar-refractivity contribution in [3.8, 4) is 0 Å². The highest BCUT2D eigenvalue weighted by atomic mass is 35.5. The summed E-state index contributed by atoms with van der Waals surface area (Å²) in [4.78, 5) is 14.9. The van der Waals surface area contributed by atoms with Crippen LogP contribution in [0.2, 0.25) is 5.02 Å². The molecule has 2 aromatic carbocycles. The summed E-state index contributed by atoms with van der Waals surface area (Å²) in [5.74, 6) is 0. The summed E-state index contributed by atoms with van der Waals surface area (Å²) in [5, 5.41) is 3.47. The molecule has 2 aromatic rings. The first-order chi connectivity index (χ1) is 15.2. The van der Waals surface area contributed by atoms with Crippen LogP contribution in [0, 0.1) is 0 Å². The van der Waals surface area contributed by atoms with Crippen molar-refractivity contribution in [2.75, 3.05) is 26.4 Å². The van der Waals surface area contributed by atoms with Crippen molar-refractivity contribution in [3.63, 3.8) is 0 Å². The number of nitrogens with one attached hydrogen (secondary N) is 1. The molecule has 0 atom stereocenters. The fourth-order valence-electron chi connectivity index (χ4n) is 4.67. The number of sulfone groups is 1. The summed E-state index contributed by atoms with van der Waals surface area (Å²) in [6.45, 7) is 1.06. The van der Waals surface area contributed by atoms with E-state index in [1.807, 2.05) is 29.2 Å². The molecule has 1 saturated carbocycles. The standard InChI is InChI=1S/C24H32ClN3O3S/c1-27-23(29)28(14-11-18-5-3-8-22(15-18)32(2,30)31)21-9-12-24(17-26,13-10-21)19-6-4-7-20(25)16-19/h3-8,15-16,21H,9-14,17,26H2,1-2H3,(H,27,29)/t21-,24-. The minimum atomic E-state index is -3.26. The van der Waals surface area contributed by atoms with Gasteiger partial charge in [0, 0.05) is 42.9 Å². The number of hydrogen-bond donors (Lipinski definition) is 2. The van der Waals surface area contributed by atoms with Crippen LogP contribution < -0.4 is 11.1 Å². The van der Waals surface area contributed by atoms with Crippen molar-refractivity contribution in [2.45, 2.75) is 48.5 Å². The van der Waals surface area contributed by atoms with Crippen LogP contribution in [0.25, 0.3) is 0 Å². The Morgan fingerprint density at radius 1 is 1.19 bits per heavy atom. The van der Waals surface area contributed by atoms with Crippen LogP contribution in [-0.4, -0.2) is 51.8 Å². The second-order valence-electron chi connectivity index (χ2n) is 8.64. The summed E-state index contributed by atoms with van der Waals surface area (Å²) in [7, 11) is -1.63. The molecule has 1 fully saturated rings. The lowest BCUT2D eigenvalue weighted by Gasteiger charge is -2.43. The molecule has 0 aromatic heterocycles. The number of urea groups is 1. The minimum absolute atomic E-state index is 0.104. The predicted molar refractivity (Wildman–Crippen MR) is 129 cm³/mol. The monoisotopic (exact) mass is 477 g/mol. The molecule has 0 saturated heterocycles. The first-order valence-corrected chi connectivity index (χ1v) is 13.2. The summed E-state index contributed by atoms with van der Waals surface area (Å²) in [5.41, 5.74) is 8.16. The van der Waals surface area contributed by atoms with Gasteiger partial charge in [0.1, 0.15) is 0 Å². The van der Waals surface area contributed by atoms with Gasteiger partial charge < -0.3 is 16.0 Å². The molecule has 32 heavy (non-hydrogen) atoms. The Kier molecular flexibility index (Phi) is 7.85. The van der Waals surface area contributed by atoms with Gasteiger partial charge in [-0.25, -0.2) is 13.2 Å². The Hall–Kier alpha value is -2.09. The van der Waals surface area contributed by atoms with Gasteiger partial charge in [-0.05, 0) is 67.5 Å². The minimum Gasteiger partial charge on any atom is -0.341 e. The number of rotatable bonds is 7. The van der Waals surface area contributed by atoms with E-state index in [0.29, 0.717) is 29.4 Å². The Morgan fingerprint density at radius 3 is 2.47 bits per heavy atom. The largest absolute Gasteiger partial charge is 0.341 e. The highest BCUT2D eigenvalue weighted by Gasteiger charge is 2.38. The summed E-state index contributed by atoms with van der Waals surface area (Å²) in [6.07, 6.45) is 5.25. The maximum Gasteiger partial charge on any atom is 0.317 e. The lowest BCUT2D eigenvalue weighted by Crippen LogP contribution is -2.50. The fourth-order valence-corrected chi connectivity index (χ4v) is 5.55. The molecular weight excluding hydrogens is 446 g/mol. The molecule has 0 aliphatic heterocycles. The number of halogens is 1. The second-order valence-corrected chi connectivity index (χ2v) is 11.1. The Labute approximate surface area is 196 Å².